The van der Waals surface area contributed by atoms with Crippen LogP contribution in [-0.2, 0) is 4.74 Å². The molecule has 3 aromatic rings. The molecule has 3 saturated carbocycles. The third-order valence-corrected chi connectivity index (χ3v) is 12.1. The number of rotatable bonds is 13. The van der Waals surface area contributed by atoms with E-state index in [1.807, 2.05) is 43.9 Å². The number of pyridine rings is 2. The average Bonchev–Trinajstić information content (AvgIpc) is 4.03. The molecule has 276 valence electrons. The molecule has 0 aromatic carbocycles. The van der Waals surface area contributed by atoms with Crippen molar-refractivity contribution in [1.82, 2.24) is 29.4 Å². The maximum atomic E-state index is 13.0. The molecule has 4 heterocycles. The zero-order chi connectivity index (χ0) is 37.1. The van der Waals surface area contributed by atoms with Crippen molar-refractivity contribution in [3.05, 3.63) is 53.3 Å². The van der Waals surface area contributed by atoms with E-state index in [1.54, 1.807) is 24.4 Å². The van der Waals surface area contributed by atoms with Gasteiger partial charge < -0.3 is 24.8 Å². The number of hydrogen-bond donors (Lipinski definition) is 3. The number of ether oxygens (including phenoxy) is 2. The quantitative estimate of drug-likeness (QED) is 0.0777. The minimum Gasteiger partial charge on any atom is -0.474 e. The second-order valence-electron chi connectivity index (χ2n) is 16.6. The van der Waals surface area contributed by atoms with Gasteiger partial charge in [-0.2, -0.15) is 0 Å². The van der Waals surface area contributed by atoms with Gasteiger partial charge in [0, 0.05) is 42.8 Å². The Bertz CT molecular complexity index is 1820. The van der Waals surface area contributed by atoms with Gasteiger partial charge in [-0.25, -0.2) is 19.4 Å². The van der Waals surface area contributed by atoms with Crippen LogP contribution in [0.3, 0.4) is 0 Å². The number of aromatic nitrogens is 4. The van der Waals surface area contributed by atoms with E-state index >= 15 is 0 Å². The summed E-state index contributed by atoms with van der Waals surface area (Å²) in [4.78, 5) is 36.6. The molecular formula is C37H47BClN7O5S. The molecule has 4 fully saturated rings. The predicted octanol–water partition coefficient (Wildman–Crippen LogP) is 6.41. The van der Waals surface area contributed by atoms with Gasteiger partial charge in [-0.15, -0.1) is 5.10 Å². The van der Waals surface area contributed by atoms with Gasteiger partial charge in [-0.1, -0.05) is 17.7 Å². The van der Waals surface area contributed by atoms with Crippen molar-refractivity contribution < 1.29 is 24.2 Å². The fraction of sp³-hybridized carbons (Fsp3) is 0.595. The Morgan fingerprint density at radius 3 is 2.50 bits per heavy atom. The number of nitrogens with zero attached hydrogens (tertiary/aromatic N) is 5. The molecule has 3 aliphatic carbocycles. The number of fused-ring (bicyclic) bond motifs is 1. The lowest BCUT2D eigenvalue weighted by molar-refractivity contribution is 0.0130. The first-order valence-corrected chi connectivity index (χ1v) is 19.3. The molecule has 12 nitrogen and oxygen atoms in total. The summed E-state index contributed by atoms with van der Waals surface area (Å²) in [7, 11) is 6.33. The number of carbonyl (C=O) groups is 2. The third-order valence-electron chi connectivity index (χ3n) is 11.1. The summed E-state index contributed by atoms with van der Waals surface area (Å²) in [5.74, 6) is 1.50. The van der Waals surface area contributed by atoms with E-state index in [0.717, 1.165) is 63.4 Å². The standard InChI is InChI=1S/C37H47BClN7O5S/c1-33(2,3)51-32(48)45-21-23(20-34(45,4)5)8-7-18-40-25-9-6-10-28(41-25)52-44-30(47)24-11-12-26(42-29(24)39)46-19-13-27(43-46)50-22-37(38,49)31-35(14-15-35)36(31)16-17-36/h6,9-13,19,23,31,49H,7-8,14-18,20-22H2,1-5H3,(H,40,41)(H,44,47). The van der Waals surface area contributed by atoms with Crippen LogP contribution in [0.5, 0.6) is 5.88 Å². The number of carbonyl (C=O) groups excluding carboxylic acids is 2. The van der Waals surface area contributed by atoms with Gasteiger partial charge in [0.05, 0.1) is 11.1 Å². The van der Waals surface area contributed by atoms with Crippen molar-refractivity contribution >= 4 is 49.2 Å². The van der Waals surface area contributed by atoms with Crippen LogP contribution in [0, 0.1) is 22.7 Å². The zero-order valence-electron chi connectivity index (χ0n) is 30.4. The topological polar surface area (TPSA) is 144 Å². The summed E-state index contributed by atoms with van der Waals surface area (Å²) < 4.78 is 15.7. The normalized spacial score (nSPS) is 21.8. The third kappa shape index (κ3) is 7.48. The SMILES string of the molecule is [B]C(O)(COc1ccn(-c2ccc(C(=O)NSc3cccc(NCCCC4CN(C(=O)OC(C)(C)C)C(C)(C)C4)n3)c(Cl)n2)n1)C1C2(CC2)C12CC2. The van der Waals surface area contributed by atoms with E-state index < -0.39 is 17.0 Å². The first-order valence-electron chi connectivity index (χ1n) is 18.1. The summed E-state index contributed by atoms with van der Waals surface area (Å²) in [6, 6.07) is 10.5. The number of halogens is 1. The molecule has 52 heavy (non-hydrogen) atoms. The first-order chi connectivity index (χ1) is 24.5. The van der Waals surface area contributed by atoms with Gasteiger partial charge in [0.25, 0.3) is 5.91 Å². The molecule has 4 aliphatic rings. The molecule has 2 amide bonds. The maximum absolute atomic E-state index is 13.0. The second kappa shape index (κ2) is 13.4. The molecule has 2 spiro atoms. The Hall–Kier alpha value is -3.49. The van der Waals surface area contributed by atoms with Gasteiger partial charge in [-0.3, -0.25) is 9.52 Å². The van der Waals surface area contributed by atoms with Crippen LogP contribution in [0.4, 0.5) is 10.6 Å². The Balaban J connectivity index is 0.853. The lowest BCUT2D eigenvalue weighted by Crippen LogP contribution is -2.45. The Morgan fingerprint density at radius 1 is 1.10 bits per heavy atom. The molecule has 2 unspecified atom stereocenters. The number of hydrogen-bond acceptors (Lipinski definition) is 10. The average molecular weight is 748 g/mol. The van der Waals surface area contributed by atoms with Crippen molar-refractivity contribution in [2.75, 3.05) is 25.0 Å². The van der Waals surface area contributed by atoms with Crippen LogP contribution in [0.1, 0.15) is 89.9 Å². The first kappa shape index (κ1) is 36.9. The van der Waals surface area contributed by atoms with Crippen molar-refractivity contribution in [1.29, 1.82) is 0 Å². The Kier molecular flexibility index (Phi) is 9.51. The molecule has 1 saturated heterocycles. The summed E-state index contributed by atoms with van der Waals surface area (Å²) in [6.07, 6.45) is 8.83. The van der Waals surface area contributed by atoms with Crippen LogP contribution in [0.25, 0.3) is 5.82 Å². The smallest absolute Gasteiger partial charge is 0.410 e. The fourth-order valence-electron chi connectivity index (χ4n) is 8.59. The molecule has 15 heteroatoms. The van der Waals surface area contributed by atoms with Crippen LogP contribution < -0.4 is 14.8 Å². The van der Waals surface area contributed by atoms with E-state index in [1.165, 1.54) is 4.68 Å². The summed E-state index contributed by atoms with van der Waals surface area (Å²) in [5, 5.41) is 19.4. The highest BCUT2D eigenvalue weighted by molar-refractivity contribution is 7.97. The lowest BCUT2D eigenvalue weighted by atomic mass is 9.76. The predicted molar refractivity (Wildman–Crippen MR) is 200 cm³/mol. The van der Waals surface area contributed by atoms with E-state index in [4.69, 9.17) is 28.9 Å². The zero-order valence-corrected chi connectivity index (χ0v) is 32.0. The van der Waals surface area contributed by atoms with Crippen LogP contribution >= 0.6 is 23.5 Å². The summed E-state index contributed by atoms with van der Waals surface area (Å²) >= 11 is 7.53. The highest BCUT2D eigenvalue weighted by atomic mass is 35.5. The van der Waals surface area contributed by atoms with E-state index in [9.17, 15) is 14.7 Å². The molecule has 2 radical (unpaired) electrons. The minimum atomic E-state index is -1.39. The van der Waals surface area contributed by atoms with Gasteiger partial charge in [0.2, 0.25) is 5.88 Å². The molecular weight excluding hydrogens is 701 g/mol. The van der Waals surface area contributed by atoms with E-state index in [-0.39, 0.29) is 45.7 Å². The van der Waals surface area contributed by atoms with Crippen molar-refractivity contribution in [3.8, 4) is 11.7 Å². The van der Waals surface area contributed by atoms with E-state index in [0.29, 0.717) is 35.0 Å². The molecule has 1 aliphatic heterocycles. The summed E-state index contributed by atoms with van der Waals surface area (Å²) in [5.41, 5.74) is -1.45. The molecule has 3 aromatic heterocycles. The van der Waals surface area contributed by atoms with Crippen molar-refractivity contribution in [3.63, 3.8) is 0 Å². The number of anilines is 1. The highest BCUT2D eigenvalue weighted by Crippen LogP contribution is 2.94. The maximum Gasteiger partial charge on any atom is 0.410 e. The second-order valence-corrected chi connectivity index (χ2v) is 17.8. The number of likely N-dealkylation sites (tertiary alicyclic amines) is 1. The van der Waals surface area contributed by atoms with Crippen LogP contribution in [-0.4, -0.2) is 85.9 Å². The van der Waals surface area contributed by atoms with Gasteiger partial charge in [-0.05, 0) is 126 Å². The molecule has 3 N–H and O–H groups in total. The minimum absolute atomic E-state index is 0.0198. The highest BCUT2D eigenvalue weighted by Gasteiger charge is 2.89. The monoisotopic (exact) mass is 747 g/mol. The Morgan fingerprint density at radius 2 is 1.83 bits per heavy atom. The Labute approximate surface area is 315 Å². The van der Waals surface area contributed by atoms with Crippen LogP contribution in [0.15, 0.2) is 47.6 Å². The number of nitrogens with one attached hydrogen (secondary N) is 2. The molecule has 2 atom stereocenters. The van der Waals surface area contributed by atoms with Crippen LogP contribution in [0.2, 0.25) is 5.15 Å². The molecule has 0 bridgehead atoms. The van der Waals surface area contributed by atoms with E-state index in [2.05, 4.69) is 39.0 Å². The largest absolute Gasteiger partial charge is 0.474 e. The number of aliphatic hydroxyl groups is 1. The van der Waals surface area contributed by atoms with Gasteiger partial charge in [0.1, 0.15) is 36.1 Å². The van der Waals surface area contributed by atoms with Gasteiger partial charge in [0.15, 0.2) is 5.82 Å². The van der Waals surface area contributed by atoms with Gasteiger partial charge >= 0.3 is 6.09 Å². The lowest BCUT2D eigenvalue weighted by Gasteiger charge is -2.33. The molecule has 7 rings (SSSR count). The fourth-order valence-corrected chi connectivity index (χ4v) is 9.43. The van der Waals surface area contributed by atoms with Crippen molar-refractivity contribution in [2.45, 2.75) is 101 Å². The summed E-state index contributed by atoms with van der Waals surface area (Å²) in [6.45, 7) is 11.2. The number of amides is 2. The van der Waals surface area contributed by atoms with Crippen molar-refractivity contribution in [2.24, 2.45) is 22.7 Å².